The Kier molecular flexibility index (Phi) is 5.18. The van der Waals surface area contributed by atoms with E-state index in [1.54, 1.807) is 0 Å². The Morgan fingerprint density at radius 3 is 2.29 bits per heavy atom. The lowest BCUT2D eigenvalue weighted by atomic mass is 9.99. The highest BCUT2D eigenvalue weighted by molar-refractivity contribution is 5.26. The molecule has 0 aliphatic heterocycles. The van der Waals surface area contributed by atoms with E-state index in [0.29, 0.717) is 12.0 Å². The molecule has 1 atom stereocenters. The van der Waals surface area contributed by atoms with Crippen molar-refractivity contribution in [1.29, 1.82) is 0 Å². The summed E-state index contributed by atoms with van der Waals surface area (Å²) in [7, 11) is 0. The van der Waals surface area contributed by atoms with Crippen LogP contribution in [0.25, 0.3) is 0 Å². The average molecular weight is 285 g/mol. The van der Waals surface area contributed by atoms with Crippen LogP contribution in [-0.4, -0.2) is 22.4 Å². The molecule has 2 aromatic rings. The summed E-state index contributed by atoms with van der Waals surface area (Å²) in [5.41, 5.74) is 4.98. The predicted octanol–water partition coefficient (Wildman–Crippen LogP) is 3.65. The maximum Gasteiger partial charge on any atom is 0.0662 e. The van der Waals surface area contributed by atoms with Crippen LogP contribution in [0.3, 0.4) is 0 Å². The summed E-state index contributed by atoms with van der Waals surface area (Å²) in [6, 6.07) is 11.6. The molecule has 2 rings (SSSR count). The van der Waals surface area contributed by atoms with Crippen LogP contribution in [0.4, 0.5) is 0 Å². The molecule has 1 heterocycles. The second kappa shape index (κ2) is 6.90. The molecule has 1 unspecified atom stereocenters. The van der Waals surface area contributed by atoms with E-state index in [2.05, 4.69) is 73.1 Å². The Morgan fingerprint density at radius 1 is 1.10 bits per heavy atom. The molecule has 3 heteroatoms. The first-order valence-corrected chi connectivity index (χ1v) is 7.79. The summed E-state index contributed by atoms with van der Waals surface area (Å²) in [6.45, 7) is 12.6. The molecule has 1 aromatic carbocycles. The van der Waals surface area contributed by atoms with Gasteiger partial charge in [-0.05, 0) is 37.0 Å². The molecular formula is C18H27N3. The maximum atomic E-state index is 4.52. The molecular weight excluding hydrogens is 258 g/mol. The van der Waals surface area contributed by atoms with E-state index in [1.807, 2.05) is 6.92 Å². The molecule has 114 valence electrons. The molecule has 0 bridgehead atoms. The number of aryl methyl sites for hydroxylation is 2. The summed E-state index contributed by atoms with van der Waals surface area (Å²) >= 11 is 0. The lowest BCUT2D eigenvalue weighted by Crippen LogP contribution is -2.26. The lowest BCUT2D eigenvalue weighted by molar-refractivity contribution is 0.548. The summed E-state index contributed by atoms with van der Waals surface area (Å²) in [5.74, 6) is 0.537. The largest absolute Gasteiger partial charge is 0.314 e. The SMILES string of the molecule is Cc1cc(C)n(Cc2ccc(C(C)CNC(C)C)cc2)n1. The van der Waals surface area contributed by atoms with Gasteiger partial charge in [0.15, 0.2) is 0 Å². The third kappa shape index (κ3) is 4.43. The van der Waals surface area contributed by atoms with Gasteiger partial charge in [-0.1, -0.05) is 45.0 Å². The smallest absolute Gasteiger partial charge is 0.0662 e. The van der Waals surface area contributed by atoms with Gasteiger partial charge in [0.25, 0.3) is 0 Å². The van der Waals surface area contributed by atoms with Crippen molar-refractivity contribution in [3.63, 3.8) is 0 Å². The van der Waals surface area contributed by atoms with Crippen molar-refractivity contribution in [3.8, 4) is 0 Å². The number of hydrogen-bond donors (Lipinski definition) is 1. The van der Waals surface area contributed by atoms with Crippen molar-refractivity contribution in [1.82, 2.24) is 15.1 Å². The Hall–Kier alpha value is -1.61. The number of rotatable bonds is 6. The number of aromatic nitrogens is 2. The van der Waals surface area contributed by atoms with E-state index in [9.17, 15) is 0 Å². The van der Waals surface area contributed by atoms with Crippen LogP contribution < -0.4 is 5.32 Å². The first-order valence-electron chi connectivity index (χ1n) is 7.79. The maximum absolute atomic E-state index is 4.52. The van der Waals surface area contributed by atoms with Gasteiger partial charge in [0, 0.05) is 18.3 Å². The second-order valence-corrected chi connectivity index (χ2v) is 6.29. The average Bonchev–Trinajstić information content (AvgIpc) is 2.75. The van der Waals surface area contributed by atoms with Crippen LogP contribution in [-0.2, 0) is 6.54 Å². The van der Waals surface area contributed by atoms with E-state index in [4.69, 9.17) is 0 Å². The van der Waals surface area contributed by atoms with Crippen LogP contribution in [0.15, 0.2) is 30.3 Å². The quantitative estimate of drug-likeness (QED) is 0.878. The summed E-state index contributed by atoms with van der Waals surface area (Å²) < 4.78 is 2.06. The van der Waals surface area contributed by atoms with E-state index >= 15 is 0 Å². The highest BCUT2D eigenvalue weighted by Crippen LogP contribution is 2.16. The number of nitrogens with zero attached hydrogens (tertiary/aromatic N) is 2. The van der Waals surface area contributed by atoms with E-state index in [1.165, 1.54) is 16.8 Å². The molecule has 0 aliphatic rings. The van der Waals surface area contributed by atoms with E-state index in [0.717, 1.165) is 18.8 Å². The lowest BCUT2D eigenvalue weighted by Gasteiger charge is -2.15. The molecule has 3 nitrogen and oxygen atoms in total. The van der Waals surface area contributed by atoms with E-state index in [-0.39, 0.29) is 0 Å². The van der Waals surface area contributed by atoms with Gasteiger partial charge in [-0.3, -0.25) is 4.68 Å². The van der Waals surface area contributed by atoms with E-state index < -0.39 is 0 Å². The number of nitrogens with one attached hydrogen (secondary N) is 1. The van der Waals surface area contributed by atoms with Crippen molar-refractivity contribution in [2.75, 3.05) is 6.54 Å². The Balaban J connectivity index is 2.00. The molecule has 0 amide bonds. The molecule has 1 N–H and O–H groups in total. The third-order valence-corrected chi connectivity index (χ3v) is 3.82. The Labute approximate surface area is 128 Å². The molecule has 21 heavy (non-hydrogen) atoms. The minimum atomic E-state index is 0.537. The fourth-order valence-electron chi connectivity index (χ4n) is 2.49. The van der Waals surface area contributed by atoms with Crippen LogP contribution in [0.2, 0.25) is 0 Å². The fraction of sp³-hybridized carbons (Fsp3) is 0.500. The summed E-state index contributed by atoms with van der Waals surface area (Å²) in [6.07, 6.45) is 0. The van der Waals surface area contributed by atoms with Gasteiger partial charge in [-0.15, -0.1) is 0 Å². The van der Waals surface area contributed by atoms with Gasteiger partial charge in [-0.25, -0.2) is 0 Å². The molecule has 0 saturated carbocycles. The van der Waals surface area contributed by atoms with Gasteiger partial charge in [0.1, 0.15) is 0 Å². The van der Waals surface area contributed by atoms with Crippen LogP contribution >= 0.6 is 0 Å². The standard InChI is InChI=1S/C18H27N3/c1-13(2)19-11-14(3)18-8-6-17(7-9-18)12-21-16(5)10-15(4)20-21/h6-10,13-14,19H,11-12H2,1-5H3. The molecule has 1 aromatic heterocycles. The van der Waals surface area contributed by atoms with Gasteiger partial charge < -0.3 is 5.32 Å². The number of benzene rings is 1. The Bertz CT molecular complexity index is 567. The fourth-order valence-corrected chi connectivity index (χ4v) is 2.49. The first-order chi connectivity index (χ1) is 9.95. The summed E-state index contributed by atoms with van der Waals surface area (Å²) in [5, 5.41) is 8.01. The topological polar surface area (TPSA) is 29.9 Å². The predicted molar refractivity (Wildman–Crippen MR) is 88.8 cm³/mol. The minimum Gasteiger partial charge on any atom is -0.314 e. The zero-order chi connectivity index (χ0) is 15.4. The molecule has 0 radical (unpaired) electrons. The molecule has 0 fully saturated rings. The van der Waals surface area contributed by atoms with Crippen molar-refractivity contribution < 1.29 is 0 Å². The Morgan fingerprint density at radius 2 is 1.76 bits per heavy atom. The van der Waals surface area contributed by atoms with Crippen LogP contribution in [0.5, 0.6) is 0 Å². The zero-order valence-electron chi connectivity index (χ0n) is 13.9. The minimum absolute atomic E-state index is 0.537. The van der Waals surface area contributed by atoms with Crippen molar-refractivity contribution in [3.05, 3.63) is 52.8 Å². The van der Waals surface area contributed by atoms with Gasteiger partial charge in [0.2, 0.25) is 0 Å². The monoisotopic (exact) mass is 285 g/mol. The van der Waals surface area contributed by atoms with Crippen molar-refractivity contribution in [2.45, 2.75) is 53.1 Å². The highest BCUT2D eigenvalue weighted by atomic mass is 15.3. The van der Waals surface area contributed by atoms with Crippen LogP contribution in [0.1, 0.15) is 49.2 Å². The molecule has 0 saturated heterocycles. The van der Waals surface area contributed by atoms with Crippen molar-refractivity contribution in [2.24, 2.45) is 0 Å². The van der Waals surface area contributed by atoms with Crippen LogP contribution in [0, 0.1) is 13.8 Å². The zero-order valence-corrected chi connectivity index (χ0v) is 13.9. The van der Waals surface area contributed by atoms with Crippen molar-refractivity contribution >= 4 is 0 Å². The molecule has 0 aliphatic carbocycles. The van der Waals surface area contributed by atoms with Gasteiger partial charge >= 0.3 is 0 Å². The number of hydrogen-bond acceptors (Lipinski definition) is 2. The molecule has 0 spiro atoms. The highest BCUT2D eigenvalue weighted by Gasteiger charge is 2.07. The first kappa shape index (κ1) is 15.8. The third-order valence-electron chi connectivity index (χ3n) is 3.82. The van der Waals surface area contributed by atoms with Gasteiger partial charge in [-0.2, -0.15) is 5.10 Å². The summed E-state index contributed by atoms with van der Waals surface area (Å²) in [4.78, 5) is 0. The second-order valence-electron chi connectivity index (χ2n) is 6.29. The van der Waals surface area contributed by atoms with Gasteiger partial charge in [0.05, 0.1) is 12.2 Å². The normalized spacial score (nSPS) is 12.9.